The molecule has 0 N–H and O–H groups in total. The van der Waals surface area contributed by atoms with Crippen molar-refractivity contribution in [1.82, 2.24) is 9.13 Å². The van der Waals surface area contributed by atoms with Crippen LogP contribution in [0, 0.1) is 19.7 Å². The van der Waals surface area contributed by atoms with Crippen molar-refractivity contribution in [2.45, 2.75) is 40.7 Å². The molecule has 1 aliphatic rings. The first-order chi connectivity index (χ1) is 19.2. The van der Waals surface area contributed by atoms with Crippen molar-refractivity contribution in [3.8, 4) is 11.4 Å². The van der Waals surface area contributed by atoms with Gasteiger partial charge in [0, 0.05) is 22.6 Å². The van der Waals surface area contributed by atoms with Crippen molar-refractivity contribution < 1.29 is 18.7 Å². The normalized spacial score (nSPS) is 15.2. The van der Waals surface area contributed by atoms with Crippen LogP contribution in [0.25, 0.3) is 11.8 Å². The summed E-state index contributed by atoms with van der Waals surface area (Å²) in [5.74, 6) is -0.230. The zero-order valence-electron chi connectivity index (χ0n) is 23.0. The van der Waals surface area contributed by atoms with Gasteiger partial charge < -0.3 is 14.0 Å². The molecule has 0 bridgehead atoms. The van der Waals surface area contributed by atoms with Crippen LogP contribution in [-0.4, -0.2) is 28.3 Å². The van der Waals surface area contributed by atoms with Crippen LogP contribution in [0.15, 0.2) is 75.7 Å². The van der Waals surface area contributed by atoms with E-state index in [4.69, 9.17) is 9.47 Å². The maximum atomic E-state index is 14.0. The summed E-state index contributed by atoms with van der Waals surface area (Å²) in [6.07, 6.45) is 1.85. The first-order valence-electron chi connectivity index (χ1n) is 13.1. The minimum atomic E-state index is -0.758. The van der Waals surface area contributed by atoms with Crippen molar-refractivity contribution >= 4 is 23.4 Å². The fourth-order valence-electron chi connectivity index (χ4n) is 5.14. The Kier molecular flexibility index (Phi) is 7.58. The van der Waals surface area contributed by atoms with Crippen LogP contribution in [0.4, 0.5) is 4.39 Å². The highest BCUT2D eigenvalue weighted by atomic mass is 32.1. The predicted molar refractivity (Wildman–Crippen MR) is 153 cm³/mol. The Morgan fingerprint density at radius 2 is 1.80 bits per heavy atom. The summed E-state index contributed by atoms with van der Waals surface area (Å²) in [7, 11) is 0. The van der Waals surface area contributed by atoms with E-state index in [1.165, 1.54) is 23.5 Å². The van der Waals surface area contributed by atoms with Gasteiger partial charge in [-0.15, -0.1) is 0 Å². The molecule has 2 aromatic carbocycles. The van der Waals surface area contributed by atoms with Crippen LogP contribution in [0.5, 0.6) is 5.75 Å². The molecule has 206 valence electrons. The summed E-state index contributed by atoms with van der Waals surface area (Å²) in [5, 5.41) is 0. The maximum Gasteiger partial charge on any atom is 0.338 e. The molecule has 2 aromatic heterocycles. The maximum absolute atomic E-state index is 14.0. The van der Waals surface area contributed by atoms with E-state index >= 15 is 0 Å². The molecule has 0 saturated carbocycles. The number of hydrogen-bond acceptors (Lipinski definition) is 6. The molecule has 5 rings (SSSR count). The molecule has 1 aliphatic heterocycles. The number of esters is 1. The number of allylic oxidation sites excluding steroid dienone is 1. The largest absolute Gasteiger partial charge is 0.494 e. The smallest absolute Gasteiger partial charge is 0.338 e. The highest BCUT2D eigenvalue weighted by Gasteiger charge is 2.35. The topological polar surface area (TPSA) is 74.8 Å². The number of halogens is 1. The Labute approximate surface area is 235 Å². The number of fused-ring (bicyclic) bond motifs is 1. The number of benzene rings is 2. The molecule has 0 spiro atoms. The molecule has 0 amide bonds. The molecule has 3 heterocycles. The van der Waals surface area contributed by atoms with Crippen LogP contribution in [0.3, 0.4) is 0 Å². The SMILES string of the molecule is CCOC(=O)C1=C(C)N=c2s/c(=C\c3cc(C)n(-c4ccc(F)cc4)c3C)c(=O)n2C1c1ccccc1OCC. The number of para-hydroxylation sites is 1. The highest BCUT2D eigenvalue weighted by Crippen LogP contribution is 2.35. The second-order valence-electron chi connectivity index (χ2n) is 9.41. The van der Waals surface area contributed by atoms with E-state index in [-0.39, 0.29) is 18.0 Å². The van der Waals surface area contributed by atoms with Crippen LogP contribution < -0.4 is 19.6 Å². The van der Waals surface area contributed by atoms with E-state index in [1.54, 1.807) is 30.5 Å². The van der Waals surface area contributed by atoms with Crippen LogP contribution in [0.2, 0.25) is 0 Å². The lowest BCUT2D eigenvalue weighted by Gasteiger charge is -2.26. The molecular weight excluding hydrogens is 529 g/mol. The number of carbonyl (C=O) groups excluding carboxylic acids is 1. The van der Waals surface area contributed by atoms with Gasteiger partial charge >= 0.3 is 5.97 Å². The molecule has 0 saturated heterocycles. The first-order valence-corrected chi connectivity index (χ1v) is 13.9. The standard InChI is InChI=1S/C31H30FN3O4S/c1-6-38-25-11-9-8-10-24(25)28-27(30(37)39-7-2)19(4)33-31-35(28)29(36)26(40-31)17-21-16-18(3)34(20(21)5)23-14-12-22(32)13-15-23/h8-17,28H,6-7H2,1-5H3/b26-17-. The molecular formula is C31H30FN3O4S. The average Bonchev–Trinajstić information content (AvgIpc) is 3.38. The number of aryl methyl sites for hydroxylation is 1. The molecule has 40 heavy (non-hydrogen) atoms. The van der Waals surface area contributed by atoms with Gasteiger partial charge in [0.15, 0.2) is 4.80 Å². The molecule has 1 unspecified atom stereocenters. The number of nitrogens with zero attached hydrogens (tertiary/aromatic N) is 3. The fourth-order valence-corrected chi connectivity index (χ4v) is 6.18. The van der Waals surface area contributed by atoms with E-state index in [2.05, 4.69) is 4.99 Å². The third kappa shape index (κ3) is 4.81. The van der Waals surface area contributed by atoms with E-state index < -0.39 is 12.0 Å². The quantitative estimate of drug-likeness (QED) is 0.307. The van der Waals surface area contributed by atoms with E-state index in [0.717, 1.165) is 22.6 Å². The molecule has 7 nitrogen and oxygen atoms in total. The zero-order valence-corrected chi connectivity index (χ0v) is 23.8. The Hall–Kier alpha value is -4.24. The van der Waals surface area contributed by atoms with Gasteiger partial charge in [-0.1, -0.05) is 29.5 Å². The molecule has 1 atom stereocenters. The van der Waals surface area contributed by atoms with Gasteiger partial charge in [0.05, 0.1) is 29.0 Å². The van der Waals surface area contributed by atoms with Gasteiger partial charge in [-0.3, -0.25) is 9.36 Å². The van der Waals surface area contributed by atoms with Crippen LogP contribution in [0.1, 0.15) is 49.3 Å². The minimum absolute atomic E-state index is 0.198. The second kappa shape index (κ2) is 11.1. The monoisotopic (exact) mass is 559 g/mol. The summed E-state index contributed by atoms with van der Waals surface area (Å²) in [4.78, 5) is 32.4. The van der Waals surface area contributed by atoms with Gasteiger partial charge in [0.1, 0.15) is 17.6 Å². The molecule has 0 fully saturated rings. The third-order valence-electron chi connectivity index (χ3n) is 6.87. The highest BCUT2D eigenvalue weighted by molar-refractivity contribution is 7.07. The van der Waals surface area contributed by atoms with Crippen molar-refractivity contribution in [3.63, 3.8) is 0 Å². The lowest BCUT2D eigenvalue weighted by atomic mass is 9.95. The Morgan fingerprint density at radius 3 is 2.50 bits per heavy atom. The number of ether oxygens (including phenoxy) is 2. The lowest BCUT2D eigenvalue weighted by Crippen LogP contribution is -2.40. The average molecular weight is 560 g/mol. The van der Waals surface area contributed by atoms with Gasteiger partial charge in [0.25, 0.3) is 5.56 Å². The fraction of sp³-hybridized carbons (Fsp3) is 0.258. The van der Waals surface area contributed by atoms with E-state index in [0.29, 0.717) is 38.5 Å². The molecule has 0 radical (unpaired) electrons. The number of carbonyl (C=O) groups is 1. The molecule has 4 aromatic rings. The van der Waals surface area contributed by atoms with Gasteiger partial charge in [-0.25, -0.2) is 14.2 Å². The predicted octanol–water partition coefficient (Wildman–Crippen LogP) is 4.74. The Balaban J connectivity index is 1.71. The number of aromatic nitrogens is 2. The van der Waals surface area contributed by atoms with Gasteiger partial charge in [-0.05, 0) is 82.7 Å². The molecule has 0 aliphatic carbocycles. The van der Waals surface area contributed by atoms with Crippen LogP contribution in [-0.2, 0) is 9.53 Å². The van der Waals surface area contributed by atoms with Crippen molar-refractivity contribution in [2.75, 3.05) is 13.2 Å². The summed E-state index contributed by atoms with van der Waals surface area (Å²) in [6.45, 7) is 9.95. The Bertz CT molecular complexity index is 1810. The van der Waals surface area contributed by atoms with Gasteiger partial charge in [-0.2, -0.15) is 0 Å². The number of rotatable bonds is 7. The first kappa shape index (κ1) is 27.3. The van der Waals surface area contributed by atoms with Crippen LogP contribution >= 0.6 is 11.3 Å². The molecule has 9 heteroatoms. The van der Waals surface area contributed by atoms with E-state index in [1.807, 2.05) is 61.7 Å². The zero-order chi connectivity index (χ0) is 28.6. The van der Waals surface area contributed by atoms with Gasteiger partial charge in [0.2, 0.25) is 0 Å². The second-order valence-corrected chi connectivity index (χ2v) is 10.4. The summed E-state index contributed by atoms with van der Waals surface area (Å²) < 4.78 is 28.9. The summed E-state index contributed by atoms with van der Waals surface area (Å²) in [6, 6.07) is 14.9. The Morgan fingerprint density at radius 1 is 1.07 bits per heavy atom. The van der Waals surface area contributed by atoms with Crippen molar-refractivity contribution in [1.29, 1.82) is 0 Å². The number of thiazole rings is 1. The number of hydrogen-bond donors (Lipinski definition) is 0. The summed E-state index contributed by atoms with van der Waals surface area (Å²) in [5.41, 5.74) is 4.78. The van der Waals surface area contributed by atoms with Crippen molar-refractivity contribution in [3.05, 3.63) is 114 Å². The third-order valence-corrected chi connectivity index (χ3v) is 7.86. The lowest BCUT2D eigenvalue weighted by molar-refractivity contribution is -0.139. The van der Waals surface area contributed by atoms with Crippen molar-refractivity contribution in [2.24, 2.45) is 4.99 Å². The summed E-state index contributed by atoms with van der Waals surface area (Å²) >= 11 is 1.27. The van der Waals surface area contributed by atoms with E-state index in [9.17, 15) is 14.0 Å². The minimum Gasteiger partial charge on any atom is -0.494 e.